The first-order valence-corrected chi connectivity index (χ1v) is 6.35. The molecular formula is C11H14FS+. The highest BCUT2D eigenvalue weighted by molar-refractivity contribution is 7.96. The lowest BCUT2D eigenvalue weighted by atomic mass is 10.3. The number of rotatable bonds is 1. The van der Waals surface area contributed by atoms with Crippen LogP contribution < -0.4 is 0 Å². The first-order chi connectivity index (χ1) is 6.36. The molecule has 0 unspecified atom stereocenters. The zero-order valence-electron chi connectivity index (χ0n) is 7.63. The molecule has 70 valence electrons. The van der Waals surface area contributed by atoms with E-state index in [1.807, 2.05) is 6.07 Å². The Labute approximate surface area is 81.5 Å². The lowest BCUT2D eigenvalue weighted by Gasteiger charge is -2.12. The SMILES string of the molecule is Fc1cccc([S+]2CCCCC2)c1. The zero-order valence-corrected chi connectivity index (χ0v) is 8.45. The van der Waals surface area contributed by atoms with Gasteiger partial charge in [0.15, 0.2) is 4.90 Å². The Bertz CT molecular complexity index is 279. The Morgan fingerprint density at radius 1 is 1.08 bits per heavy atom. The van der Waals surface area contributed by atoms with Crippen molar-refractivity contribution < 1.29 is 4.39 Å². The third kappa shape index (κ3) is 2.25. The van der Waals surface area contributed by atoms with Crippen LogP contribution in [0.25, 0.3) is 0 Å². The molecule has 0 nitrogen and oxygen atoms in total. The van der Waals surface area contributed by atoms with Gasteiger partial charge in [-0.05, 0) is 31.4 Å². The summed E-state index contributed by atoms with van der Waals surface area (Å²) in [6, 6.07) is 7.12. The summed E-state index contributed by atoms with van der Waals surface area (Å²) in [5.74, 6) is 2.45. The molecule has 13 heavy (non-hydrogen) atoms. The largest absolute Gasteiger partial charge is 0.207 e. The summed E-state index contributed by atoms with van der Waals surface area (Å²) >= 11 is 0. The van der Waals surface area contributed by atoms with E-state index in [4.69, 9.17) is 0 Å². The molecule has 0 radical (unpaired) electrons. The number of hydrogen-bond donors (Lipinski definition) is 0. The molecule has 1 saturated heterocycles. The van der Waals surface area contributed by atoms with Gasteiger partial charge in [0.05, 0.1) is 0 Å². The summed E-state index contributed by atoms with van der Waals surface area (Å²) in [5.41, 5.74) is 0. The fourth-order valence-electron chi connectivity index (χ4n) is 1.71. The average Bonchev–Trinajstić information content (AvgIpc) is 2.19. The predicted molar refractivity (Wildman–Crippen MR) is 55.6 cm³/mol. The Balaban J connectivity index is 2.14. The van der Waals surface area contributed by atoms with Crippen LogP contribution in [-0.2, 0) is 10.9 Å². The van der Waals surface area contributed by atoms with Gasteiger partial charge in [-0.25, -0.2) is 4.39 Å². The van der Waals surface area contributed by atoms with Crippen molar-refractivity contribution >= 4 is 10.9 Å². The highest BCUT2D eigenvalue weighted by Gasteiger charge is 2.24. The van der Waals surface area contributed by atoms with Crippen LogP contribution in [0.3, 0.4) is 0 Å². The smallest absolute Gasteiger partial charge is 0.157 e. The summed E-state index contributed by atoms with van der Waals surface area (Å²) in [7, 11) is 0.342. The molecule has 1 heterocycles. The van der Waals surface area contributed by atoms with E-state index in [0.717, 1.165) is 0 Å². The Kier molecular flexibility index (Phi) is 2.89. The molecule has 0 bridgehead atoms. The van der Waals surface area contributed by atoms with Gasteiger partial charge in [0.1, 0.15) is 17.3 Å². The standard InChI is InChI=1S/C11H14FS/c12-10-5-4-6-11(9-10)13-7-2-1-3-8-13/h4-6,9H,1-3,7-8H2/q+1. The quantitative estimate of drug-likeness (QED) is 0.607. The molecule has 2 rings (SSSR count). The molecule has 0 amide bonds. The van der Waals surface area contributed by atoms with Crippen molar-refractivity contribution in [2.45, 2.75) is 24.2 Å². The van der Waals surface area contributed by atoms with Crippen LogP contribution in [-0.4, -0.2) is 11.5 Å². The van der Waals surface area contributed by atoms with Gasteiger partial charge in [-0.3, -0.25) is 0 Å². The Morgan fingerprint density at radius 2 is 1.85 bits per heavy atom. The third-order valence-corrected chi connectivity index (χ3v) is 4.89. The van der Waals surface area contributed by atoms with Gasteiger partial charge < -0.3 is 0 Å². The second-order valence-electron chi connectivity index (χ2n) is 3.42. The van der Waals surface area contributed by atoms with Crippen LogP contribution in [0.4, 0.5) is 4.39 Å². The summed E-state index contributed by atoms with van der Waals surface area (Å²) in [6.07, 6.45) is 4.00. The average molecular weight is 197 g/mol. The van der Waals surface area contributed by atoms with E-state index in [-0.39, 0.29) is 5.82 Å². The monoisotopic (exact) mass is 197 g/mol. The van der Waals surface area contributed by atoms with Crippen molar-refractivity contribution in [1.82, 2.24) is 0 Å². The molecule has 0 saturated carbocycles. The molecule has 0 aromatic heterocycles. The van der Waals surface area contributed by atoms with Crippen molar-refractivity contribution in [1.29, 1.82) is 0 Å². The van der Waals surface area contributed by atoms with E-state index < -0.39 is 0 Å². The van der Waals surface area contributed by atoms with Gasteiger partial charge in [0.25, 0.3) is 0 Å². The van der Waals surface area contributed by atoms with Gasteiger partial charge in [0.2, 0.25) is 0 Å². The minimum atomic E-state index is -0.0874. The van der Waals surface area contributed by atoms with Gasteiger partial charge in [-0.15, -0.1) is 0 Å². The van der Waals surface area contributed by atoms with Crippen molar-refractivity contribution in [3.05, 3.63) is 30.1 Å². The maximum Gasteiger partial charge on any atom is 0.157 e. The van der Waals surface area contributed by atoms with E-state index >= 15 is 0 Å². The number of halogens is 1. The molecule has 2 heteroatoms. The minimum Gasteiger partial charge on any atom is -0.207 e. The fraction of sp³-hybridized carbons (Fsp3) is 0.455. The molecule has 1 aromatic carbocycles. The summed E-state index contributed by atoms with van der Waals surface area (Å²) in [4.78, 5) is 1.22. The fourth-order valence-corrected chi connectivity index (χ4v) is 4.04. The first-order valence-electron chi connectivity index (χ1n) is 4.79. The molecule has 1 aromatic rings. The normalized spacial score (nSPS) is 18.8. The van der Waals surface area contributed by atoms with Crippen LogP contribution >= 0.6 is 0 Å². The zero-order chi connectivity index (χ0) is 9.10. The van der Waals surface area contributed by atoms with Crippen molar-refractivity contribution in [3.8, 4) is 0 Å². The lowest BCUT2D eigenvalue weighted by molar-refractivity contribution is 0.624. The van der Waals surface area contributed by atoms with Gasteiger partial charge in [-0.2, -0.15) is 0 Å². The second kappa shape index (κ2) is 4.14. The van der Waals surface area contributed by atoms with Gasteiger partial charge in [-0.1, -0.05) is 6.07 Å². The molecular weight excluding hydrogens is 183 g/mol. The molecule has 1 aliphatic rings. The van der Waals surface area contributed by atoms with E-state index in [0.29, 0.717) is 10.9 Å². The summed E-state index contributed by atoms with van der Waals surface area (Å²) < 4.78 is 12.9. The van der Waals surface area contributed by atoms with Crippen LogP contribution in [0.2, 0.25) is 0 Å². The van der Waals surface area contributed by atoms with Crippen molar-refractivity contribution in [3.63, 3.8) is 0 Å². The highest BCUT2D eigenvalue weighted by atomic mass is 32.2. The maximum absolute atomic E-state index is 12.9. The summed E-state index contributed by atoms with van der Waals surface area (Å²) in [6.45, 7) is 0. The van der Waals surface area contributed by atoms with Gasteiger partial charge in [0, 0.05) is 17.0 Å². The van der Waals surface area contributed by atoms with Crippen molar-refractivity contribution in [2.24, 2.45) is 0 Å². The van der Waals surface area contributed by atoms with Crippen LogP contribution in [0.15, 0.2) is 29.2 Å². The molecule has 0 atom stereocenters. The molecule has 1 fully saturated rings. The van der Waals surface area contributed by atoms with E-state index in [9.17, 15) is 4.39 Å². The second-order valence-corrected chi connectivity index (χ2v) is 5.69. The van der Waals surface area contributed by atoms with Crippen LogP contribution in [0, 0.1) is 5.82 Å². The van der Waals surface area contributed by atoms with Crippen molar-refractivity contribution in [2.75, 3.05) is 11.5 Å². The molecule has 0 spiro atoms. The molecule has 0 N–H and O–H groups in total. The van der Waals surface area contributed by atoms with E-state index in [1.54, 1.807) is 6.07 Å². The van der Waals surface area contributed by atoms with Crippen LogP contribution in [0.5, 0.6) is 0 Å². The molecule has 1 aliphatic heterocycles. The topological polar surface area (TPSA) is 0 Å². The molecule has 0 aliphatic carbocycles. The number of benzene rings is 1. The number of hydrogen-bond acceptors (Lipinski definition) is 0. The van der Waals surface area contributed by atoms with E-state index in [2.05, 4.69) is 6.07 Å². The minimum absolute atomic E-state index is 0.0874. The van der Waals surface area contributed by atoms with Gasteiger partial charge >= 0.3 is 0 Å². The lowest BCUT2D eigenvalue weighted by Crippen LogP contribution is -2.17. The Hall–Kier alpha value is -0.500. The first kappa shape index (κ1) is 9.07. The third-order valence-electron chi connectivity index (χ3n) is 2.41. The predicted octanol–water partition coefficient (Wildman–Crippen LogP) is 2.99. The highest BCUT2D eigenvalue weighted by Crippen LogP contribution is 2.22. The van der Waals surface area contributed by atoms with Crippen LogP contribution in [0.1, 0.15) is 19.3 Å². The van der Waals surface area contributed by atoms with E-state index in [1.165, 1.54) is 41.7 Å². The maximum atomic E-state index is 12.9. The Morgan fingerprint density at radius 3 is 2.54 bits per heavy atom. The summed E-state index contributed by atoms with van der Waals surface area (Å²) in [5, 5.41) is 0.